The number of nitrogens with one attached hydrogen (secondary N) is 2. The highest BCUT2D eigenvalue weighted by Crippen LogP contribution is 2.38. The molecule has 0 aliphatic carbocycles. The van der Waals surface area contributed by atoms with Gasteiger partial charge in [-0.05, 0) is 48.9 Å². The number of fused-ring (bicyclic) bond motifs is 1. The average molecular weight is 513 g/mol. The molecule has 0 saturated carbocycles. The summed E-state index contributed by atoms with van der Waals surface area (Å²) in [5, 5.41) is 21.9. The number of methoxy groups -OCH3 is 2. The Hall–Kier alpha value is -5.19. The lowest BCUT2D eigenvalue weighted by Crippen LogP contribution is -2.31. The van der Waals surface area contributed by atoms with Crippen LogP contribution in [0.5, 0.6) is 11.5 Å². The Balaban J connectivity index is 1.59. The number of carbonyl (C=O) groups is 1. The number of hydrogen-bond donors (Lipinski definition) is 2. The summed E-state index contributed by atoms with van der Waals surface area (Å²) < 4.78 is 12.5. The van der Waals surface area contributed by atoms with Gasteiger partial charge in [0.25, 0.3) is 11.6 Å². The van der Waals surface area contributed by atoms with Crippen molar-refractivity contribution < 1.29 is 19.2 Å². The number of hydrogen-bond acceptors (Lipinski definition) is 8. The van der Waals surface area contributed by atoms with Crippen molar-refractivity contribution in [3.8, 4) is 22.9 Å². The van der Waals surface area contributed by atoms with E-state index in [0.717, 1.165) is 5.56 Å². The third kappa shape index (κ3) is 4.52. The minimum Gasteiger partial charge on any atom is -0.497 e. The first kappa shape index (κ1) is 24.5. The largest absolute Gasteiger partial charge is 0.497 e. The molecule has 0 spiro atoms. The number of non-ortho nitro benzene ring substituents is 1. The SMILES string of the molecule is COc1cccc(C2C(C(=O)Nc3ccccc3OC)=C(C)Nc3nc(-c4ccc([N+](=O)[O-])cc4)nn32)c1. The number of nitrogens with zero attached hydrogens (tertiary/aromatic N) is 4. The van der Waals surface area contributed by atoms with Gasteiger partial charge in [0.05, 0.1) is 30.4 Å². The van der Waals surface area contributed by atoms with Gasteiger partial charge < -0.3 is 20.1 Å². The molecule has 3 aromatic carbocycles. The smallest absolute Gasteiger partial charge is 0.269 e. The maximum absolute atomic E-state index is 13.8. The van der Waals surface area contributed by atoms with E-state index >= 15 is 0 Å². The summed E-state index contributed by atoms with van der Waals surface area (Å²) in [6, 6.07) is 19.9. The lowest BCUT2D eigenvalue weighted by atomic mass is 9.95. The number of ether oxygens (including phenoxy) is 2. The number of carbonyl (C=O) groups excluding carboxylic acids is 1. The van der Waals surface area contributed by atoms with Gasteiger partial charge in [0, 0.05) is 23.4 Å². The van der Waals surface area contributed by atoms with Crippen molar-refractivity contribution in [1.29, 1.82) is 0 Å². The van der Waals surface area contributed by atoms with Crippen LogP contribution in [0, 0.1) is 10.1 Å². The minimum absolute atomic E-state index is 0.0297. The number of nitro benzene ring substituents is 1. The van der Waals surface area contributed by atoms with E-state index in [1.165, 1.54) is 19.2 Å². The number of allylic oxidation sites excluding steroid dienone is 1. The van der Waals surface area contributed by atoms with Gasteiger partial charge in [0.15, 0.2) is 5.82 Å². The molecule has 1 amide bonds. The predicted octanol–water partition coefficient (Wildman–Crippen LogP) is 4.80. The second kappa shape index (κ2) is 10.1. The topological polar surface area (TPSA) is 133 Å². The Kier molecular flexibility index (Phi) is 6.48. The van der Waals surface area contributed by atoms with E-state index in [4.69, 9.17) is 14.6 Å². The van der Waals surface area contributed by atoms with Crippen LogP contribution in [-0.2, 0) is 4.79 Å². The van der Waals surface area contributed by atoms with Crippen molar-refractivity contribution in [1.82, 2.24) is 14.8 Å². The molecule has 0 fully saturated rings. The highest BCUT2D eigenvalue weighted by molar-refractivity contribution is 6.06. The zero-order chi connectivity index (χ0) is 26.8. The van der Waals surface area contributed by atoms with Crippen LogP contribution < -0.4 is 20.1 Å². The number of amides is 1. The maximum Gasteiger partial charge on any atom is 0.269 e. The van der Waals surface area contributed by atoms with Crippen molar-refractivity contribution in [3.05, 3.63) is 99.7 Å². The summed E-state index contributed by atoms with van der Waals surface area (Å²) in [4.78, 5) is 29.0. The van der Waals surface area contributed by atoms with Gasteiger partial charge in [0.2, 0.25) is 5.95 Å². The van der Waals surface area contributed by atoms with Crippen LogP contribution in [0.3, 0.4) is 0 Å². The molecule has 2 N–H and O–H groups in total. The maximum atomic E-state index is 13.8. The van der Waals surface area contributed by atoms with Crippen molar-refractivity contribution >= 4 is 23.2 Å². The molecule has 0 bridgehead atoms. The van der Waals surface area contributed by atoms with Gasteiger partial charge in [0.1, 0.15) is 17.5 Å². The second-order valence-electron chi connectivity index (χ2n) is 8.50. The lowest BCUT2D eigenvalue weighted by Gasteiger charge is -2.29. The number of rotatable bonds is 7. The van der Waals surface area contributed by atoms with Gasteiger partial charge >= 0.3 is 0 Å². The van der Waals surface area contributed by atoms with E-state index in [1.54, 1.807) is 43.0 Å². The molecule has 11 nitrogen and oxygen atoms in total. The molecule has 4 aromatic rings. The fraction of sp³-hybridized carbons (Fsp3) is 0.148. The van der Waals surface area contributed by atoms with E-state index < -0.39 is 11.0 Å². The Morgan fingerprint density at radius 3 is 2.53 bits per heavy atom. The molecule has 2 heterocycles. The highest BCUT2D eigenvalue weighted by Gasteiger charge is 2.35. The van der Waals surface area contributed by atoms with E-state index in [-0.39, 0.29) is 11.6 Å². The summed E-state index contributed by atoms with van der Waals surface area (Å²) in [7, 11) is 3.11. The quantitative estimate of drug-likeness (QED) is 0.267. The van der Waals surface area contributed by atoms with E-state index in [1.807, 2.05) is 36.4 Å². The summed E-state index contributed by atoms with van der Waals surface area (Å²) >= 11 is 0. The molecule has 0 radical (unpaired) electrons. The number of nitro groups is 1. The third-order valence-electron chi connectivity index (χ3n) is 6.20. The standard InChI is InChI=1S/C27H24N6O5/c1-16-23(26(34)29-21-9-4-5-10-22(21)38-3)24(18-7-6-8-20(15-18)37-2)32-27(28-16)30-25(31-32)17-11-13-19(14-12-17)33(35)36/h4-15,24H,1-3H3,(H,29,34)(H,28,30,31). The number of para-hydroxylation sites is 2. The van der Waals surface area contributed by atoms with Crippen LogP contribution in [0.25, 0.3) is 11.4 Å². The predicted molar refractivity (Wildman–Crippen MR) is 141 cm³/mol. The summed E-state index contributed by atoms with van der Waals surface area (Å²) in [5.41, 5.74) is 2.88. The van der Waals surface area contributed by atoms with E-state index in [9.17, 15) is 14.9 Å². The van der Waals surface area contributed by atoms with Crippen molar-refractivity contribution in [2.45, 2.75) is 13.0 Å². The Bertz CT molecular complexity index is 1560. The monoisotopic (exact) mass is 512 g/mol. The number of benzene rings is 3. The van der Waals surface area contributed by atoms with Crippen molar-refractivity contribution in [3.63, 3.8) is 0 Å². The van der Waals surface area contributed by atoms with Gasteiger partial charge in [-0.15, -0.1) is 5.10 Å². The van der Waals surface area contributed by atoms with E-state index in [2.05, 4.69) is 15.6 Å². The van der Waals surface area contributed by atoms with Crippen LogP contribution in [0.15, 0.2) is 84.1 Å². The van der Waals surface area contributed by atoms with Crippen LogP contribution in [0.1, 0.15) is 18.5 Å². The molecule has 5 rings (SSSR count). The molecule has 1 unspecified atom stereocenters. The molecule has 0 saturated heterocycles. The van der Waals surface area contributed by atoms with Crippen molar-refractivity contribution in [2.24, 2.45) is 0 Å². The molecule has 11 heteroatoms. The first-order chi connectivity index (χ1) is 18.4. The molecule has 192 valence electrons. The van der Waals surface area contributed by atoms with Gasteiger partial charge in [-0.3, -0.25) is 14.9 Å². The highest BCUT2D eigenvalue weighted by atomic mass is 16.6. The summed E-state index contributed by atoms with van der Waals surface area (Å²) in [6.07, 6.45) is 0. The molecule has 1 atom stereocenters. The molecular formula is C27H24N6O5. The summed E-state index contributed by atoms with van der Waals surface area (Å²) in [6.45, 7) is 1.80. The lowest BCUT2D eigenvalue weighted by molar-refractivity contribution is -0.384. The Labute approximate surface area is 217 Å². The first-order valence-corrected chi connectivity index (χ1v) is 11.7. The molecule has 1 aliphatic rings. The van der Waals surface area contributed by atoms with Crippen LogP contribution in [0.4, 0.5) is 17.3 Å². The molecule has 38 heavy (non-hydrogen) atoms. The van der Waals surface area contributed by atoms with Gasteiger partial charge in [-0.1, -0.05) is 24.3 Å². The normalized spacial score (nSPS) is 14.3. The zero-order valence-corrected chi connectivity index (χ0v) is 20.8. The third-order valence-corrected chi connectivity index (χ3v) is 6.20. The molecule has 1 aromatic heterocycles. The second-order valence-corrected chi connectivity index (χ2v) is 8.50. The average Bonchev–Trinajstić information content (AvgIpc) is 3.36. The number of anilines is 2. The Morgan fingerprint density at radius 2 is 1.82 bits per heavy atom. The number of aromatic nitrogens is 3. The van der Waals surface area contributed by atoms with Crippen molar-refractivity contribution in [2.75, 3.05) is 24.9 Å². The molecule has 1 aliphatic heterocycles. The minimum atomic E-state index is -0.643. The Morgan fingerprint density at radius 1 is 1.05 bits per heavy atom. The van der Waals surface area contributed by atoms with Gasteiger partial charge in [-0.2, -0.15) is 4.98 Å². The van der Waals surface area contributed by atoms with E-state index in [0.29, 0.717) is 45.8 Å². The first-order valence-electron chi connectivity index (χ1n) is 11.7. The van der Waals surface area contributed by atoms with Crippen LogP contribution in [-0.4, -0.2) is 39.8 Å². The molecular weight excluding hydrogens is 488 g/mol. The fourth-order valence-electron chi connectivity index (χ4n) is 4.36. The van der Waals surface area contributed by atoms with Gasteiger partial charge in [-0.25, -0.2) is 4.68 Å². The fourth-order valence-corrected chi connectivity index (χ4v) is 4.36. The zero-order valence-electron chi connectivity index (χ0n) is 20.8. The summed E-state index contributed by atoms with van der Waals surface area (Å²) in [5.74, 6) is 1.60. The van der Waals surface area contributed by atoms with Crippen LogP contribution >= 0.6 is 0 Å². The van der Waals surface area contributed by atoms with Crippen LogP contribution in [0.2, 0.25) is 0 Å².